The number of benzene rings is 2. The highest BCUT2D eigenvalue weighted by Crippen LogP contribution is 2.22. The minimum absolute atomic E-state index is 0.102. The Balaban J connectivity index is 1.81. The number of amides is 1. The largest absolute Gasteiger partial charge is 0.361 e. The van der Waals surface area contributed by atoms with Gasteiger partial charge < -0.3 is 14.7 Å². The Morgan fingerprint density at radius 3 is 2.47 bits per heavy atom. The van der Waals surface area contributed by atoms with Crippen LogP contribution in [0, 0.1) is 11.6 Å². The van der Waals surface area contributed by atoms with Gasteiger partial charge in [0.15, 0.2) is 0 Å². The standard InChI is InChI=1S/C23H25F2N3O2/c1-27(2)22(11-16-13-26-21-12-17(24)8-9-19(16)21)23(30)28(3)18(14-29)10-15-6-4-5-7-20(15)25/h4-9,12-14,18,22,26H,10-11H2,1-3H3. The lowest BCUT2D eigenvalue weighted by Crippen LogP contribution is -2.50. The van der Waals surface area contributed by atoms with Crippen LogP contribution < -0.4 is 0 Å². The van der Waals surface area contributed by atoms with Gasteiger partial charge in [-0.05, 0) is 55.9 Å². The maximum Gasteiger partial charge on any atom is 0.240 e. The molecule has 3 aromatic rings. The van der Waals surface area contributed by atoms with Gasteiger partial charge in [-0.1, -0.05) is 18.2 Å². The van der Waals surface area contributed by atoms with Crippen molar-refractivity contribution >= 4 is 23.1 Å². The van der Waals surface area contributed by atoms with Crippen LogP contribution in [-0.2, 0) is 22.4 Å². The first-order chi connectivity index (χ1) is 14.3. The smallest absolute Gasteiger partial charge is 0.240 e. The zero-order chi connectivity index (χ0) is 21.8. The number of rotatable bonds is 8. The van der Waals surface area contributed by atoms with Gasteiger partial charge in [0.25, 0.3) is 0 Å². The number of H-pyrrole nitrogens is 1. The number of fused-ring (bicyclic) bond motifs is 1. The predicted octanol–water partition coefficient (Wildman–Crippen LogP) is 3.19. The normalized spacial score (nSPS) is 13.4. The lowest BCUT2D eigenvalue weighted by atomic mass is 10.0. The number of likely N-dealkylation sites (N-methyl/N-ethyl adjacent to an activating group) is 2. The van der Waals surface area contributed by atoms with Crippen molar-refractivity contribution in [2.75, 3.05) is 21.1 Å². The summed E-state index contributed by atoms with van der Waals surface area (Å²) < 4.78 is 27.5. The van der Waals surface area contributed by atoms with Gasteiger partial charge in [-0.25, -0.2) is 8.78 Å². The Morgan fingerprint density at radius 1 is 1.07 bits per heavy atom. The van der Waals surface area contributed by atoms with E-state index >= 15 is 0 Å². The van der Waals surface area contributed by atoms with Crippen molar-refractivity contribution < 1.29 is 18.4 Å². The minimum atomic E-state index is -0.783. The summed E-state index contributed by atoms with van der Waals surface area (Å²) in [6, 6.07) is 9.38. The fourth-order valence-corrected chi connectivity index (χ4v) is 3.59. The molecular formula is C23H25F2N3O2. The van der Waals surface area contributed by atoms with Gasteiger partial charge >= 0.3 is 0 Å². The monoisotopic (exact) mass is 413 g/mol. The van der Waals surface area contributed by atoms with Gasteiger partial charge in [0.05, 0.1) is 12.1 Å². The van der Waals surface area contributed by atoms with Crippen molar-refractivity contribution in [3.63, 3.8) is 0 Å². The molecule has 1 N–H and O–H groups in total. The molecule has 0 spiro atoms. The Bertz CT molecular complexity index is 1050. The van der Waals surface area contributed by atoms with E-state index in [0.29, 0.717) is 23.8 Å². The number of nitrogens with one attached hydrogen (secondary N) is 1. The summed E-state index contributed by atoms with van der Waals surface area (Å²) in [7, 11) is 5.14. The third-order valence-electron chi connectivity index (χ3n) is 5.44. The molecule has 1 amide bonds. The van der Waals surface area contributed by atoms with Crippen LogP contribution in [0.5, 0.6) is 0 Å². The van der Waals surface area contributed by atoms with E-state index in [1.54, 1.807) is 56.5 Å². The number of hydrogen-bond donors (Lipinski definition) is 1. The average Bonchev–Trinajstić information content (AvgIpc) is 3.12. The molecule has 0 fully saturated rings. The maximum absolute atomic E-state index is 14.0. The van der Waals surface area contributed by atoms with E-state index in [2.05, 4.69) is 4.98 Å². The van der Waals surface area contributed by atoms with Gasteiger partial charge in [-0.15, -0.1) is 0 Å². The van der Waals surface area contributed by atoms with Gasteiger partial charge in [-0.2, -0.15) is 0 Å². The Hall–Kier alpha value is -3.06. The summed E-state index contributed by atoms with van der Waals surface area (Å²) in [5, 5.41) is 0.844. The molecule has 0 aliphatic rings. The minimum Gasteiger partial charge on any atom is -0.361 e. The maximum atomic E-state index is 14.0. The highest BCUT2D eigenvalue weighted by Gasteiger charge is 2.29. The topological polar surface area (TPSA) is 56.4 Å². The Morgan fingerprint density at radius 2 is 1.80 bits per heavy atom. The van der Waals surface area contributed by atoms with E-state index in [9.17, 15) is 18.4 Å². The van der Waals surface area contributed by atoms with E-state index in [4.69, 9.17) is 0 Å². The second-order valence-corrected chi connectivity index (χ2v) is 7.64. The Labute approximate surface area is 174 Å². The van der Waals surface area contributed by atoms with Crippen LogP contribution in [0.25, 0.3) is 10.9 Å². The van der Waals surface area contributed by atoms with Crippen molar-refractivity contribution in [3.05, 3.63) is 71.4 Å². The fraction of sp³-hybridized carbons (Fsp3) is 0.304. The summed E-state index contributed by atoms with van der Waals surface area (Å²) in [5.41, 5.74) is 1.92. The molecular weight excluding hydrogens is 388 g/mol. The van der Waals surface area contributed by atoms with Crippen LogP contribution >= 0.6 is 0 Å². The molecule has 0 aliphatic carbocycles. The highest BCUT2D eigenvalue weighted by molar-refractivity contribution is 5.87. The third kappa shape index (κ3) is 4.57. The van der Waals surface area contributed by atoms with Crippen LogP contribution in [0.2, 0.25) is 0 Å². The Kier molecular flexibility index (Phi) is 6.62. The van der Waals surface area contributed by atoms with E-state index in [1.807, 2.05) is 0 Å². The molecule has 0 bridgehead atoms. The molecule has 0 saturated carbocycles. The second-order valence-electron chi connectivity index (χ2n) is 7.64. The van der Waals surface area contributed by atoms with Crippen LogP contribution in [0.1, 0.15) is 11.1 Å². The number of aldehydes is 1. The summed E-state index contributed by atoms with van der Waals surface area (Å²) in [6.07, 6.45) is 2.92. The lowest BCUT2D eigenvalue weighted by molar-refractivity contribution is -0.139. The molecule has 0 radical (unpaired) electrons. The molecule has 0 saturated heterocycles. The van der Waals surface area contributed by atoms with Gasteiger partial charge in [0.1, 0.15) is 17.9 Å². The van der Waals surface area contributed by atoms with E-state index < -0.39 is 17.9 Å². The molecule has 1 heterocycles. The van der Waals surface area contributed by atoms with Crippen molar-refractivity contribution in [2.24, 2.45) is 0 Å². The van der Waals surface area contributed by atoms with Crippen LogP contribution in [-0.4, -0.2) is 60.2 Å². The zero-order valence-electron chi connectivity index (χ0n) is 17.2. The summed E-state index contributed by atoms with van der Waals surface area (Å²) in [4.78, 5) is 31.1. The van der Waals surface area contributed by atoms with Crippen LogP contribution in [0.3, 0.4) is 0 Å². The number of aromatic amines is 1. The molecule has 7 heteroatoms. The average molecular weight is 413 g/mol. The van der Waals surface area contributed by atoms with Crippen molar-refractivity contribution in [2.45, 2.75) is 24.9 Å². The van der Waals surface area contributed by atoms with Gasteiger partial charge in [0.2, 0.25) is 5.91 Å². The van der Waals surface area contributed by atoms with E-state index in [-0.39, 0.29) is 18.1 Å². The predicted molar refractivity (Wildman–Crippen MR) is 112 cm³/mol. The van der Waals surface area contributed by atoms with E-state index in [1.165, 1.54) is 23.1 Å². The molecule has 3 rings (SSSR count). The molecule has 1 aromatic heterocycles. The quantitative estimate of drug-likeness (QED) is 0.577. The van der Waals surface area contributed by atoms with Crippen molar-refractivity contribution in [1.29, 1.82) is 0 Å². The molecule has 2 aromatic carbocycles. The highest BCUT2D eigenvalue weighted by atomic mass is 19.1. The fourth-order valence-electron chi connectivity index (χ4n) is 3.59. The summed E-state index contributed by atoms with van der Waals surface area (Å²) >= 11 is 0. The first-order valence-corrected chi connectivity index (χ1v) is 9.69. The summed E-state index contributed by atoms with van der Waals surface area (Å²) in [5.74, 6) is -0.983. The SMILES string of the molecule is CN(C)C(Cc1c[nH]c2cc(F)ccc12)C(=O)N(C)C(C=O)Cc1ccccc1F. The number of carbonyl (C=O) groups is 2. The number of nitrogens with zero attached hydrogens (tertiary/aromatic N) is 2. The zero-order valence-corrected chi connectivity index (χ0v) is 17.2. The van der Waals surface area contributed by atoms with Crippen LogP contribution in [0.15, 0.2) is 48.7 Å². The van der Waals surface area contributed by atoms with Gasteiger partial charge in [-0.3, -0.25) is 9.69 Å². The number of carbonyl (C=O) groups excluding carboxylic acids is 2. The second kappa shape index (κ2) is 9.17. The van der Waals surface area contributed by atoms with E-state index in [0.717, 1.165) is 10.9 Å². The summed E-state index contributed by atoms with van der Waals surface area (Å²) in [6.45, 7) is 0. The van der Waals surface area contributed by atoms with Crippen molar-refractivity contribution in [3.8, 4) is 0 Å². The molecule has 2 atom stereocenters. The molecule has 158 valence electrons. The van der Waals surface area contributed by atoms with Crippen molar-refractivity contribution in [1.82, 2.24) is 14.8 Å². The lowest BCUT2D eigenvalue weighted by Gasteiger charge is -2.31. The number of halogens is 2. The third-order valence-corrected chi connectivity index (χ3v) is 5.44. The number of aromatic nitrogens is 1. The molecule has 5 nitrogen and oxygen atoms in total. The molecule has 30 heavy (non-hydrogen) atoms. The molecule has 0 aliphatic heterocycles. The van der Waals surface area contributed by atoms with Gasteiger partial charge in [0, 0.05) is 30.6 Å². The first kappa shape index (κ1) is 21.6. The molecule has 2 unspecified atom stereocenters. The van der Waals surface area contributed by atoms with Crippen LogP contribution in [0.4, 0.5) is 8.78 Å². The number of hydrogen-bond acceptors (Lipinski definition) is 3. The first-order valence-electron chi connectivity index (χ1n) is 9.69.